The highest BCUT2D eigenvalue weighted by Crippen LogP contribution is 2.34. The molecule has 0 bridgehead atoms. The molecule has 33 heavy (non-hydrogen) atoms. The zero-order valence-corrected chi connectivity index (χ0v) is 17.9. The van der Waals surface area contributed by atoms with Crippen LogP contribution < -0.4 is 9.47 Å². The van der Waals surface area contributed by atoms with E-state index >= 15 is 0 Å². The van der Waals surface area contributed by atoms with E-state index in [0.717, 1.165) is 0 Å². The van der Waals surface area contributed by atoms with Gasteiger partial charge in [-0.3, -0.25) is 0 Å². The standard InChI is InChI=1S/C21H30O12/c1-29-12-7-10(3-2-6-22)4-5-11(12)30-21-19(17(27)15(25)13(8-23)32-21)33-20-18(28)16(26)14(9-24)31-20/h2-5,7,13-28H,6,8-9H2,1H3/b3-2+/t13-,14+,15-,16+,17+,18+,19-,20+,21+/m0/s1. The summed E-state index contributed by atoms with van der Waals surface area (Å²) in [5.74, 6) is 0.463. The van der Waals surface area contributed by atoms with Crippen molar-refractivity contribution in [1.82, 2.24) is 0 Å². The van der Waals surface area contributed by atoms with Gasteiger partial charge in [-0.2, -0.15) is 0 Å². The number of aliphatic hydroxyl groups excluding tert-OH is 7. The third-order valence-corrected chi connectivity index (χ3v) is 5.46. The van der Waals surface area contributed by atoms with Crippen molar-refractivity contribution in [3.63, 3.8) is 0 Å². The Balaban J connectivity index is 1.84. The molecule has 1 aromatic carbocycles. The second-order valence-corrected chi connectivity index (χ2v) is 7.63. The van der Waals surface area contributed by atoms with Crippen molar-refractivity contribution in [3.05, 3.63) is 29.8 Å². The van der Waals surface area contributed by atoms with Crippen molar-refractivity contribution in [3.8, 4) is 11.5 Å². The molecule has 186 valence electrons. The largest absolute Gasteiger partial charge is 0.493 e. The lowest BCUT2D eigenvalue weighted by atomic mass is 9.99. The molecule has 0 unspecified atom stereocenters. The molecule has 3 rings (SSSR count). The maximum Gasteiger partial charge on any atom is 0.229 e. The average molecular weight is 474 g/mol. The Bertz CT molecular complexity index is 789. The third-order valence-electron chi connectivity index (χ3n) is 5.46. The summed E-state index contributed by atoms with van der Waals surface area (Å²) in [6, 6.07) is 4.85. The van der Waals surface area contributed by atoms with Gasteiger partial charge in [-0.1, -0.05) is 18.2 Å². The SMILES string of the molecule is COc1cc(/C=C/CO)ccc1O[C@@H]1O[C@@H](CO)[C@H](O)[C@@H](O)[C@@H]1O[C@H]1O[C@H](CO)[C@@H](O)[C@H]1O. The minimum absolute atomic E-state index is 0.140. The molecule has 2 aliphatic rings. The molecule has 7 N–H and O–H groups in total. The van der Waals surface area contributed by atoms with Crippen LogP contribution in [0.15, 0.2) is 24.3 Å². The van der Waals surface area contributed by atoms with Crippen LogP contribution in [0.3, 0.4) is 0 Å². The first-order chi connectivity index (χ1) is 15.8. The summed E-state index contributed by atoms with van der Waals surface area (Å²) in [6.07, 6.45) is -9.55. The quantitative estimate of drug-likeness (QED) is 0.197. The van der Waals surface area contributed by atoms with Gasteiger partial charge in [0.25, 0.3) is 0 Å². The van der Waals surface area contributed by atoms with Gasteiger partial charge in [0.15, 0.2) is 23.9 Å². The summed E-state index contributed by atoms with van der Waals surface area (Å²) >= 11 is 0. The first-order valence-electron chi connectivity index (χ1n) is 10.4. The molecule has 2 heterocycles. The van der Waals surface area contributed by atoms with E-state index in [-0.39, 0.29) is 18.1 Å². The van der Waals surface area contributed by atoms with E-state index in [1.54, 1.807) is 24.3 Å². The Morgan fingerprint density at radius 3 is 2.09 bits per heavy atom. The normalized spacial score (nSPS) is 36.9. The highest BCUT2D eigenvalue weighted by molar-refractivity contribution is 5.56. The van der Waals surface area contributed by atoms with E-state index in [2.05, 4.69) is 0 Å². The Morgan fingerprint density at radius 2 is 1.48 bits per heavy atom. The van der Waals surface area contributed by atoms with Gasteiger partial charge in [-0.05, 0) is 17.7 Å². The molecule has 0 aliphatic carbocycles. The van der Waals surface area contributed by atoms with Crippen molar-refractivity contribution in [2.24, 2.45) is 0 Å². The third kappa shape index (κ3) is 5.63. The fraction of sp³-hybridized carbons (Fsp3) is 0.619. The molecule has 1 aromatic rings. The fourth-order valence-corrected chi connectivity index (χ4v) is 3.63. The maximum atomic E-state index is 10.6. The Morgan fingerprint density at radius 1 is 0.848 bits per heavy atom. The van der Waals surface area contributed by atoms with E-state index < -0.39 is 68.5 Å². The number of ether oxygens (including phenoxy) is 5. The van der Waals surface area contributed by atoms with Crippen molar-refractivity contribution >= 4 is 6.08 Å². The molecular weight excluding hydrogens is 444 g/mol. The van der Waals surface area contributed by atoms with E-state index in [4.69, 9.17) is 28.8 Å². The number of hydrogen-bond donors (Lipinski definition) is 7. The lowest BCUT2D eigenvalue weighted by Crippen LogP contribution is -2.62. The van der Waals surface area contributed by atoms with Crippen LogP contribution in [0, 0.1) is 0 Å². The van der Waals surface area contributed by atoms with Crippen molar-refractivity contribution in [2.45, 2.75) is 55.3 Å². The van der Waals surface area contributed by atoms with E-state index in [9.17, 15) is 30.6 Å². The minimum atomic E-state index is -1.63. The number of aliphatic hydroxyl groups is 7. The molecule has 0 aromatic heterocycles. The van der Waals surface area contributed by atoms with E-state index in [0.29, 0.717) is 5.56 Å². The molecule has 2 saturated heterocycles. The summed E-state index contributed by atoms with van der Waals surface area (Å²) in [5.41, 5.74) is 0.709. The predicted molar refractivity (Wildman–Crippen MR) is 110 cm³/mol. The number of hydrogen-bond acceptors (Lipinski definition) is 12. The summed E-state index contributed by atoms with van der Waals surface area (Å²) in [5, 5.41) is 68.8. The van der Waals surface area contributed by atoms with Crippen molar-refractivity contribution in [2.75, 3.05) is 26.9 Å². The highest BCUT2D eigenvalue weighted by Gasteiger charge is 2.51. The molecule has 12 nitrogen and oxygen atoms in total. The van der Waals surface area contributed by atoms with Crippen LogP contribution in [-0.2, 0) is 14.2 Å². The van der Waals surface area contributed by atoms with Crippen LogP contribution in [0.4, 0.5) is 0 Å². The zero-order chi connectivity index (χ0) is 24.1. The van der Waals surface area contributed by atoms with Gasteiger partial charge in [0.1, 0.15) is 36.6 Å². The first-order valence-corrected chi connectivity index (χ1v) is 10.4. The molecule has 0 saturated carbocycles. The van der Waals surface area contributed by atoms with Gasteiger partial charge < -0.3 is 59.4 Å². The van der Waals surface area contributed by atoms with Crippen LogP contribution >= 0.6 is 0 Å². The Kier molecular flexibility index (Phi) is 9.01. The molecule has 2 fully saturated rings. The minimum Gasteiger partial charge on any atom is -0.493 e. The van der Waals surface area contributed by atoms with Gasteiger partial charge in [-0.15, -0.1) is 0 Å². The molecule has 2 aliphatic heterocycles. The maximum absolute atomic E-state index is 10.6. The fourth-order valence-electron chi connectivity index (χ4n) is 3.63. The lowest BCUT2D eigenvalue weighted by Gasteiger charge is -2.42. The lowest BCUT2D eigenvalue weighted by molar-refractivity contribution is -0.320. The number of benzene rings is 1. The summed E-state index contributed by atoms with van der Waals surface area (Å²) in [4.78, 5) is 0. The molecule has 0 amide bonds. The molecule has 0 radical (unpaired) electrons. The molecule has 12 heteroatoms. The summed E-state index contributed by atoms with van der Waals surface area (Å²) < 4.78 is 27.7. The molecule has 0 spiro atoms. The number of methoxy groups -OCH3 is 1. The smallest absolute Gasteiger partial charge is 0.229 e. The van der Waals surface area contributed by atoms with Crippen LogP contribution in [-0.4, -0.2) is 118 Å². The van der Waals surface area contributed by atoms with Gasteiger partial charge in [-0.25, -0.2) is 0 Å². The van der Waals surface area contributed by atoms with Gasteiger partial charge in [0.2, 0.25) is 6.29 Å². The Hall–Kier alpha value is -1.84. The second-order valence-electron chi connectivity index (χ2n) is 7.63. The van der Waals surface area contributed by atoms with Gasteiger partial charge in [0.05, 0.1) is 26.9 Å². The summed E-state index contributed by atoms with van der Waals surface area (Å²) in [6.45, 7) is -1.34. The monoisotopic (exact) mass is 474 g/mol. The van der Waals surface area contributed by atoms with Crippen LogP contribution in [0.5, 0.6) is 11.5 Å². The topological polar surface area (TPSA) is 188 Å². The van der Waals surface area contributed by atoms with Crippen molar-refractivity contribution < 1.29 is 59.4 Å². The average Bonchev–Trinajstić information content (AvgIpc) is 3.10. The molecule has 9 atom stereocenters. The Labute approximate surface area is 189 Å². The van der Waals surface area contributed by atoms with Crippen molar-refractivity contribution in [1.29, 1.82) is 0 Å². The molecular formula is C21H30O12. The van der Waals surface area contributed by atoms with Crippen LogP contribution in [0.25, 0.3) is 6.08 Å². The predicted octanol–water partition coefficient (Wildman–Crippen LogP) is -2.66. The zero-order valence-electron chi connectivity index (χ0n) is 17.9. The van der Waals surface area contributed by atoms with Gasteiger partial charge in [0, 0.05) is 0 Å². The van der Waals surface area contributed by atoms with E-state index in [1.807, 2.05) is 0 Å². The van der Waals surface area contributed by atoms with Crippen LogP contribution in [0.1, 0.15) is 5.56 Å². The van der Waals surface area contributed by atoms with E-state index in [1.165, 1.54) is 13.2 Å². The summed E-state index contributed by atoms with van der Waals surface area (Å²) in [7, 11) is 1.41. The second kappa shape index (κ2) is 11.5. The van der Waals surface area contributed by atoms with Crippen LogP contribution in [0.2, 0.25) is 0 Å². The van der Waals surface area contributed by atoms with Gasteiger partial charge >= 0.3 is 0 Å². The first kappa shape index (κ1) is 25.8. The number of rotatable bonds is 9. The highest BCUT2D eigenvalue weighted by atomic mass is 16.8.